The van der Waals surface area contributed by atoms with Crippen molar-refractivity contribution in [2.24, 2.45) is 0 Å². The lowest BCUT2D eigenvalue weighted by molar-refractivity contribution is 0.176. The van der Waals surface area contributed by atoms with Crippen LogP contribution in [-0.4, -0.2) is 50.0 Å². The van der Waals surface area contributed by atoms with E-state index in [0.717, 1.165) is 0 Å². The predicted octanol–water partition coefficient (Wildman–Crippen LogP) is 2.17. The summed E-state index contributed by atoms with van der Waals surface area (Å²) in [6, 6.07) is 1.29. The number of urea groups is 1. The third kappa shape index (κ3) is 3.16. The van der Waals surface area contributed by atoms with Crippen molar-refractivity contribution in [2.45, 2.75) is 12.5 Å². The monoisotopic (exact) mass is 341 g/mol. The van der Waals surface area contributed by atoms with Crippen molar-refractivity contribution in [2.75, 3.05) is 18.4 Å². The molecule has 0 bridgehead atoms. The summed E-state index contributed by atoms with van der Waals surface area (Å²) in [7, 11) is 0. The van der Waals surface area contributed by atoms with Crippen LogP contribution in [0, 0.1) is 0 Å². The molecule has 2 aromatic rings. The Bertz CT molecular complexity index is 705. The summed E-state index contributed by atoms with van der Waals surface area (Å²) in [5, 5.41) is 17.1. The first-order chi connectivity index (χ1) is 10.5. The Hall–Kier alpha value is -1.83. The number of hydrogen-bond acceptors (Lipinski definition) is 4. The number of pyridine rings is 1. The number of carbonyl (C=O) groups excluding carboxylic acids is 1. The normalized spacial score (nSPS) is 17.8. The summed E-state index contributed by atoms with van der Waals surface area (Å²) >= 11 is 11.9. The van der Waals surface area contributed by atoms with Gasteiger partial charge in [0.2, 0.25) is 0 Å². The molecule has 1 atom stereocenters. The molecule has 1 aliphatic heterocycles. The summed E-state index contributed by atoms with van der Waals surface area (Å²) in [6.45, 7) is 0.871. The number of nitrogens with one attached hydrogen (secondary N) is 1. The van der Waals surface area contributed by atoms with E-state index in [1.165, 1.54) is 17.1 Å². The lowest BCUT2D eigenvalue weighted by atomic mass is 10.3. The van der Waals surface area contributed by atoms with Gasteiger partial charge >= 0.3 is 6.03 Å². The second-order valence-electron chi connectivity index (χ2n) is 4.95. The predicted molar refractivity (Wildman–Crippen MR) is 82.6 cm³/mol. The molecule has 0 radical (unpaired) electrons. The molecule has 7 nitrogen and oxygen atoms in total. The molecule has 2 N–H and O–H groups in total. The molecular weight excluding hydrogens is 329 g/mol. The van der Waals surface area contributed by atoms with Gasteiger partial charge in [-0.1, -0.05) is 23.2 Å². The van der Waals surface area contributed by atoms with Gasteiger partial charge in [0.1, 0.15) is 0 Å². The molecule has 1 saturated heterocycles. The standard InChI is InChI=1S/C13H13Cl2N5O2/c14-8-3-11(15)12(16-4-8)20-6-9(5-17-20)18-13(22)19-2-1-10(21)7-19/h3-6,10,21H,1-2,7H2,(H,18,22)/t10-/m0/s1. The largest absolute Gasteiger partial charge is 0.391 e. The minimum absolute atomic E-state index is 0.272. The fourth-order valence-corrected chi connectivity index (χ4v) is 2.67. The van der Waals surface area contributed by atoms with Gasteiger partial charge in [-0.15, -0.1) is 0 Å². The minimum atomic E-state index is -0.453. The molecule has 22 heavy (non-hydrogen) atoms. The first-order valence-electron chi connectivity index (χ1n) is 6.63. The molecule has 9 heteroatoms. The van der Waals surface area contributed by atoms with Crippen LogP contribution in [0.15, 0.2) is 24.7 Å². The minimum Gasteiger partial charge on any atom is -0.391 e. The zero-order chi connectivity index (χ0) is 15.7. The molecule has 0 unspecified atom stereocenters. The third-order valence-electron chi connectivity index (χ3n) is 3.29. The van der Waals surface area contributed by atoms with Crippen LogP contribution in [0.5, 0.6) is 0 Å². The number of amides is 2. The molecule has 0 aliphatic carbocycles. The van der Waals surface area contributed by atoms with Crippen molar-refractivity contribution in [3.05, 3.63) is 34.7 Å². The van der Waals surface area contributed by atoms with Crippen molar-refractivity contribution in [1.29, 1.82) is 0 Å². The Kier molecular flexibility index (Phi) is 4.19. The molecule has 0 saturated carbocycles. The van der Waals surface area contributed by atoms with Crippen molar-refractivity contribution in [3.8, 4) is 5.82 Å². The summed E-state index contributed by atoms with van der Waals surface area (Å²) in [5.41, 5.74) is 0.513. The van der Waals surface area contributed by atoms with E-state index in [4.69, 9.17) is 23.2 Å². The molecular formula is C13H13Cl2N5O2. The van der Waals surface area contributed by atoms with Crippen LogP contribution in [0.1, 0.15) is 6.42 Å². The number of aromatic nitrogens is 3. The van der Waals surface area contributed by atoms with Crippen LogP contribution >= 0.6 is 23.2 Å². The number of β-amino-alcohol motifs (C(OH)–C–C–N with tert-alkyl or cyclic N) is 1. The molecule has 2 aromatic heterocycles. The molecule has 1 fully saturated rings. The van der Waals surface area contributed by atoms with Gasteiger partial charge in [0, 0.05) is 19.3 Å². The van der Waals surface area contributed by atoms with Crippen molar-refractivity contribution in [3.63, 3.8) is 0 Å². The Morgan fingerprint density at radius 1 is 1.41 bits per heavy atom. The fraction of sp³-hybridized carbons (Fsp3) is 0.308. The number of anilines is 1. The van der Waals surface area contributed by atoms with E-state index in [1.807, 2.05) is 0 Å². The zero-order valence-electron chi connectivity index (χ0n) is 11.4. The van der Waals surface area contributed by atoms with E-state index in [2.05, 4.69) is 15.4 Å². The number of carbonyl (C=O) groups is 1. The van der Waals surface area contributed by atoms with Gasteiger partial charge in [-0.05, 0) is 12.5 Å². The number of rotatable bonds is 2. The highest BCUT2D eigenvalue weighted by molar-refractivity contribution is 6.35. The Labute approximate surface area is 136 Å². The highest BCUT2D eigenvalue weighted by atomic mass is 35.5. The second kappa shape index (κ2) is 6.12. The topological polar surface area (TPSA) is 83.3 Å². The molecule has 0 spiro atoms. The van der Waals surface area contributed by atoms with Gasteiger partial charge in [-0.25, -0.2) is 14.5 Å². The average molecular weight is 342 g/mol. The smallest absolute Gasteiger partial charge is 0.322 e. The number of nitrogens with zero attached hydrogens (tertiary/aromatic N) is 4. The summed E-state index contributed by atoms with van der Waals surface area (Å²) < 4.78 is 1.45. The molecule has 1 aliphatic rings. The van der Waals surface area contributed by atoms with Crippen LogP contribution in [-0.2, 0) is 0 Å². The van der Waals surface area contributed by atoms with Crippen molar-refractivity contribution < 1.29 is 9.90 Å². The molecule has 116 valence electrons. The molecule has 0 aromatic carbocycles. The maximum atomic E-state index is 12.0. The van der Waals surface area contributed by atoms with Crippen LogP contribution in [0.4, 0.5) is 10.5 Å². The van der Waals surface area contributed by atoms with E-state index in [0.29, 0.717) is 41.1 Å². The lowest BCUT2D eigenvalue weighted by Crippen LogP contribution is -2.33. The van der Waals surface area contributed by atoms with E-state index in [9.17, 15) is 9.90 Å². The van der Waals surface area contributed by atoms with Crippen LogP contribution < -0.4 is 5.32 Å². The summed E-state index contributed by atoms with van der Waals surface area (Å²) in [6.07, 6.45) is 4.71. The SMILES string of the molecule is O=C(Nc1cnn(-c2ncc(Cl)cc2Cl)c1)N1CC[C@H](O)C1. The fourth-order valence-electron chi connectivity index (χ4n) is 2.21. The number of hydrogen-bond donors (Lipinski definition) is 2. The highest BCUT2D eigenvalue weighted by Crippen LogP contribution is 2.22. The number of halogens is 2. The quantitative estimate of drug-likeness (QED) is 0.876. The average Bonchev–Trinajstić information content (AvgIpc) is 3.08. The van der Waals surface area contributed by atoms with Crippen molar-refractivity contribution in [1.82, 2.24) is 19.7 Å². The zero-order valence-corrected chi connectivity index (χ0v) is 12.9. The van der Waals surface area contributed by atoms with Crippen LogP contribution in [0.3, 0.4) is 0 Å². The summed E-state index contributed by atoms with van der Waals surface area (Å²) in [5.74, 6) is 0.420. The van der Waals surface area contributed by atoms with E-state index >= 15 is 0 Å². The van der Waals surface area contributed by atoms with Gasteiger partial charge in [-0.3, -0.25) is 0 Å². The maximum Gasteiger partial charge on any atom is 0.322 e. The highest BCUT2D eigenvalue weighted by Gasteiger charge is 2.24. The van der Waals surface area contributed by atoms with E-state index in [1.54, 1.807) is 17.2 Å². The lowest BCUT2D eigenvalue weighted by Gasteiger charge is -2.15. The van der Waals surface area contributed by atoms with E-state index < -0.39 is 6.10 Å². The third-order valence-corrected chi connectivity index (χ3v) is 3.77. The number of aliphatic hydroxyl groups excluding tert-OH is 1. The Morgan fingerprint density at radius 2 is 2.23 bits per heavy atom. The molecule has 3 rings (SSSR count). The van der Waals surface area contributed by atoms with Crippen LogP contribution in [0.2, 0.25) is 10.0 Å². The molecule has 2 amide bonds. The van der Waals surface area contributed by atoms with Gasteiger partial charge in [0.15, 0.2) is 5.82 Å². The first kappa shape index (κ1) is 15.1. The molecule has 3 heterocycles. The Morgan fingerprint density at radius 3 is 2.91 bits per heavy atom. The van der Waals surface area contributed by atoms with Gasteiger partial charge in [0.05, 0.1) is 34.2 Å². The first-order valence-corrected chi connectivity index (χ1v) is 7.38. The van der Waals surface area contributed by atoms with Gasteiger partial charge in [-0.2, -0.15) is 5.10 Å². The van der Waals surface area contributed by atoms with Gasteiger partial charge < -0.3 is 15.3 Å². The van der Waals surface area contributed by atoms with Crippen LogP contribution in [0.25, 0.3) is 5.82 Å². The van der Waals surface area contributed by atoms with Crippen molar-refractivity contribution >= 4 is 34.9 Å². The van der Waals surface area contributed by atoms with E-state index in [-0.39, 0.29) is 6.03 Å². The Balaban J connectivity index is 1.72. The van der Waals surface area contributed by atoms with Gasteiger partial charge in [0.25, 0.3) is 0 Å². The summed E-state index contributed by atoms with van der Waals surface area (Å²) in [4.78, 5) is 17.7. The number of aliphatic hydroxyl groups is 1. The number of likely N-dealkylation sites (tertiary alicyclic amines) is 1. The maximum absolute atomic E-state index is 12.0. The second-order valence-corrected chi connectivity index (χ2v) is 5.79.